The van der Waals surface area contributed by atoms with Gasteiger partial charge in [-0.3, -0.25) is 9.89 Å². The normalized spacial score (nSPS) is 18.6. The van der Waals surface area contributed by atoms with Gasteiger partial charge in [0.15, 0.2) is 0 Å². The molecule has 128 valence electrons. The second-order valence-corrected chi connectivity index (χ2v) is 6.25. The highest BCUT2D eigenvalue weighted by molar-refractivity contribution is 5.94. The van der Waals surface area contributed by atoms with Crippen molar-refractivity contribution >= 4 is 5.91 Å². The Morgan fingerprint density at radius 1 is 1.50 bits per heavy atom. The fourth-order valence-corrected chi connectivity index (χ4v) is 3.32. The average Bonchev–Trinajstić information content (AvgIpc) is 3.23. The molecule has 3 rings (SSSR count). The molecule has 24 heavy (non-hydrogen) atoms. The van der Waals surface area contributed by atoms with Gasteiger partial charge in [0, 0.05) is 18.2 Å². The van der Waals surface area contributed by atoms with Crippen molar-refractivity contribution < 1.29 is 14.6 Å². The SMILES string of the molecule is COc1ccccc1-c1cc(C(=O)N2CCCC2CC(C)O)[nH]n1. The Hall–Kier alpha value is -2.34. The maximum atomic E-state index is 12.8. The first-order chi connectivity index (χ1) is 11.6. The highest BCUT2D eigenvalue weighted by Gasteiger charge is 2.31. The van der Waals surface area contributed by atoms with E-state index in [2.05, 4.69) is 10.2 Å². The Kier molecular flexibility index (Phi) is 4.85. The van der Waals surface area contributed by atoms with Crippen molar-refractivity contribution in [3.63, 3.8) is 0 Å². The summed E-state index contributed by atoms with van der Waals surface area (Å²) >= 11 is 0. The van der Waals surface area contributed by atoms with E-state index in [-0.39, 0.29) is 11.9 Å². The maximum absolute atomic E-state index is 12.8. The van der Waals surface area contributed by atoms with Crippen LogP contribution in [0.1, 0.15) is 36.7 Å². The zero-order valence-corrected chi connectivity index (χ0v) is 14.0. The standard InChI is InChI=1S/C18H23N3O3/c1-12(22)10-13-6-5-9-21(13)18(23)16-11-15(19-20-16)14-7-3-4-8-17(14)24-2/h3-4,7-8,11-13,22H,5-6,9-10H2,1-2H3,(H,19,20). The zero-order valence-electron chi connectivity index (χ0n) is 14.0. The number of rotatable bonds is 5. The minimum absolute atomic E-state index is 0.0632. The van der Waals surface area contributed by atoms with E-state index in [1.165, 1.54) is 0 Å². The van der Waals surface area contributed by atoms with Crippen molar-refractivity contribution in [2.24, 2.45) is 0 Å². The van der Waals surface area contributed by atoms with Gasteiger partial charge < -0.3 is 14.7 Å². The third kappa shape index (κ3) is 3.28. The first kappa shape index (κ1) is 16.5. The quantitative estimate of drug-likeness (QED) is 0.883. The number of hydrogen-bond acceptors (Lipinski definition) is 4. The lowest BCUT2D eigenvalue weighted by Gasteiger charge is -2.25. The molecule has 2 heterocycles. The molecule has 6 nitrogen and oxygen atoms in total. The van der Waals surface area contributed by atoms with Crippen LogP contribution in [0.3, 0.4) is 0 Å². The first-order valence-electron chi connectivity index (χ1n) is 8.28. The van der Waals surface area contributed by atoms with Gasteiger partial charge in [0.1, 0.15) is 11.4 Å². The largest absolute Gasteiger partial charge is 0.496 e. The van der Waals surface area contributed by atoms with E-state index in [0.717, 1.165) is 30.7 Å². The smallest absolute Gasteiger partial charge is 0.272 e. The Labute approximate surface area is 141 Å². The average molecular weight is 329 g/mol. The van der Waals surface area contributed by atoms with E-state index < -0.39 is 6.10 Å². The predicted molar refractivity (Wildman–Crippen MR) is 90.9 cm³/mol. The number of H-pyrrole nitrogens is 1. The van der Waals surface area contributed by atoms with Crippen LogP contribution in [0, 0.1) is 0 Å². The van der Waals surface area contributed by atoms with Crippen LogP contribution >= 0.6 is 0 Å². The van der Waals surface area contributed by atoms with Gasteiger partial charge in [-0.1, -0.05) is 12.1 Å². The topological polar surface area (TPSA) is 78.5 Å². The number of amides is 1. The summed E-state index contributed by atoms with van der Waals surface area (Å²) in [4.78, 5) is 14.6. The minimum Gasteiger partial charge on any atom is -0.496 e. The van der Waals surface area contributed by atoms with Gasteiger partial charge in [0.2, 0.25) is 0 Å². The number of carbonyl (C=O) groups is 1. The van der Waals surface area contributed by atoms with Crippen LogP contribution in [0.2, 0.25) is 0 Å². The number of hydrogen-bond donors (Lipinski definition) is 2. The van der Waals surface area contributed by atoms with E-state index in [0.29, 0.717) is 17.8 Å². The molecule has 0 saturated carbocycles. The predicted octanol–water partition coefficient (Wildman–Crippen LogP) is 2.46. The molecule has 2 atom stereocenters. The van der Waals surface area contributed by atoms with Gasteiger partial charge in [-0.25, -0.2) is 0 Å². The third-order valence-electron chi connectivity index (χ3n) is 4.44. The van der Waals surface area contributed by atoms with E-state index in [1.54, 1.807) is 20.1 Å². The van der Waals surface area contributed by atoms with Crippen LogP contribution in [0.25, 0.3) is 11.3 Å². The number of methoxy groups -OCH3 is 1. The molecule has 1 saturated heterocycles. The number of nitrogens with one attached hydrogen (secondary N) is 1. The highest BCUT2D eigenvalue weighted by atomic mass is 16.5. The molecule has 1 amide bonds. The van der Waals surface area contributed by atoms with Gasteiger partial charge in [0.25, 0.3) is 5.91 Å². The maximum Gasteiger partial charge on any atom is 0.272 e. The molecule has 1 fully saturated rings. The van der Waals surface area contributed by atoms with Crippen LogP contribution in [-0.2, 0) is 0 Å². The van der Waals surface area contributed by atoms with Gasteiger partial charge in [-0.2, -0.15) is 5.10 Å². The number of aromatic amines is 1. The fourth-order valence-electron chi connectivity index (χ4n) is 3.32. The van der Waals surface area contributed by atoms with Gasteiger partial charge in [-0.15, -0.1) is 0 Å². The van der Waals surface area contributed by atoms with Crippen LogP contribution < -0.4 is 4.74 Å². The number of benzene rings is 1. The van der Waals surface area contributed by atoms with E-state index in [9.17, 15) is 9.90 Å². The molecule has 0 radical (unpaired) electrons. The van der Waals surface area contributed by atoms with Crippen molar-refractivity contribution in [2.45, 2.75) is 38.3 Å². The van der Waals surface area contributed by atoms with E-state index >= 15 is 0 Å². The number of aliphatic hydroxyl groups is 1. The number of aromatic nitrogens is 2. The fraction of sp³-hybridized carbons (Fsp3) is 0.444. The van der Waals surface area contributed by atoms with Crippen molar-refractivity contribution in [3.05, 3.63) is 36.0 Å². The van der Waals surface area contributed by atoms with Crippen LogP contribution in [-0.4, -0.2) is 51.9 Å². The Bertz CT molecular complexity index is 711. The highest BCUT2D eigenvalue weighted by Crippen LogP contribution is 2.29. The summed E-state index contributed by atoms with van der Waals surface area (Å²) in [6.45, 7) is 2.48. The number of likely N-dealkylation sites (tertiary alicyclic amines) is 1. The van der Waals surface area contributed by atoms with Crippen LogP contribution in [0.5, 0.6) is 5.75 Å². The molecule has 2 N–H and O–H groups in total. The summed E-state index contributed by atoms with van der Waals surface area (Å²) in [7, 11) is 1.61. The molecular formula is C18H23N3O3. The van der Waals surface area contributed by atoms with Crippen molar-refractivity contribution in [1.82, 2.24) is 15.1 Å². The molecule has 0 aliphatic carbocycles. The molecule has 2 aromatic rings. The Morgan fingerprint density at radius 3 is 3.04 bits per heavy atom. The van der Waals surface area contributed by atoms with Crippen molar-refractivity contribution in [2.75, 3.05) is 13.7 Å². The number of nitrogens with zero attached hydrogens (tertiary/aromatic N) is 2. The number of carbonyl (C=O) groups excluding carboxylic acids is 1. The molecule has 6 heteroatoms. The minimum atomic E-state index is -0.408. The zero-order chi connectivity index (χ0) is 17.1. The molecule has 2 unspecified atom stereocenters. The number of ether oxygens (including phenoxy) is 1. The lowest BCUT2D eigenvalue weighted by atomic mass is 10.1. The third-order valence-corrected chi connectivity index (χ3v) is 4.44. The van der Waals surface area contributed by atoms with Crippen LogP contribution in [0.15, 0.2) is 30.3 Å². The van der Waals surface area contributed by atoms with Crippen molar-refractivity contribution in [1.29, 1.82) is 0 Å². The summed E-state index contributed by atoms with van der Waals surface area (Å²) in [6, 6.07) is 9.44. The Morgan fingerprint density at radius 2 is 2.29 bits per heavy atom. The number of aliphatic hydroxyl groups excluding tert-OH is 1. The second-order valence-electron chi connectivity index (χ2n) is 6.25. The molecule has 1 aromatic heterocycles. The number of para-hydroxylation sites is 1. The molecular weight excluding hydrogens is 306 g/mol. The summed E-state index contributed by atoms with van der Waals surface area (Å²) in [6.07, 6.45) is 2.11. The van der Waals surface area contributed by atoms with Gasteiger partial charge >= 0.3 is 0 Å². The lowest BCUT2D eigenvalue weighted by molar-refractivity contribution is 0.0676. The van der Waals surface area contributed by atoms with E-state index in [4.69, 9.17) is 4.74 Å². The molecule has 1 aliphatic heterocycles. The van der Waals surface area contributed by atoms with E-state index in [1.807, 2.05) is 29.2 Å². The Balaban J connectivity index is 1.81. The summed E-state index contributed by atoms with van der Waals surface area (Å²) in [5, 5.41) is 16.7. The summed E-state index contributed by atoms with van der Waals surface area (Å²) in [5.41, 5.74) is 1.99. The second kappa shape index (κ2) is 7.05. The first-order valence-corrected chi connectivity index (χ1v) is 8.28. The summed E-state index contributed by atoms with van der Waals surface area (Å²) < 4.78 is 5.35. The molecule has 1 aliphatic rings. The van der Waals surface area contributed by atoms with Gasteiger partial charge in [0.05, 0.1) is 18.9 Å². The summed E-state index contributed by atoms with van der Waals surface area (Å²) in [5.74, 6) is 0.656. The monoisotopic (exact) mass is 329 g/mol. The molecule has 0 bridgehead atoms. The lowest BCUT2D eigenvalue weighted by Crippen LogP contribution is -2.37. The molecule has 1 aromatic carbocycles. The van der Waals surface area contributed by atoms with Gasteiger partial charge in [-0.05, 0) is 44.4 Å². The molecule has 0 spiro atoms. The van der Waals surface area contributed by atoms with Crippen molar-refractivity contribution in [3.8, 4) is 17.0 Å². The van der Waals surface area contributed by atoms with Crippen LogP contribution in [0.4, 0.5) is 0 Å².